The molecular weight excluding hydrogens is 542 g/mol. The Hall–Kier alpha value is -4.66. The van der Waals surface area contributed by atoms with Gasteiger partial charge in [0.15, 0.2) is 16.6 Å². The van der Waals surface area contributed by atoms with E-state index in [1.807, 2.05) is 28.8 Å². The van der Waals surface area contributed by atoms with Gasteiger partial charge >= 0.3 is 0 Å². The highest BCUT2D eigenvalue weighted by atomic mass is 32.1. The minimum atomic E-state index is -2.71. The summed E-state index contributed by atoms with van der Waals surface area (Å²) in [5, 5.41) is 10.7. The van der Waals surface area contributed by atoms with E-state index in [0.29, 0.717) is 47.2 Å². The summed E-state index contributed by atoms with van der Waals surface area (Å²) in [6, 6.07) is 6.56. The van der Waals surface area contributed by atoms with Gasteiger partial charge in [0.2, 0.25) is 5.91 Å². The van der Waals surface area contributed by atoms with Crippen LogP contribution in [-0.4, -0.2) is 75.3 Å². The van der Waals surface area contributed by atoms with Crippen LogP contribution in [0.3, 0.4) is 0 Å². The molecule has 1 aliphatic heterocycles. The molecule has 0 saturated carbocycles. The van der Waals surface area contributed by atoms with Crippen molar-refractivity contribution in [2.45, 2.75) is 31.9 Å². The Morgan fingerprint density at radius 2 is 2.00 bits per heavy atom. The van der Waals surface area contributed by atoms with Gasteiger partial charge in [-0.2, -0.15) is 0 Å². The lowest BCUT2D eigenvalue weighted by atomic mass is 9.99. The molecule has 40 heavy (non-hydrogen) atoms. The van der Waals surface area contributed by atoms with Crippen molar-refractivity contribution in [1.82, 2.24) is 49.7 Å². The molecular formula is C25H22F2N10O2S. The first-order chi connectivity index (χ1) is 19.4. The number of likely N-dealkylation sites (tertiary alicyclic amines) is 1. The summed E-state index contributed by atoms with van der Waals surface area (Å²) in [6.45, 7) is 2.10. The molecule has 1 N–H and O–H groups in total. The Balaban J connectivity index is 1.40. The number of imidazole rings is 1. The molecule has 0 aliphatic carbocycles. The first kappa shape index (κ1) is 25.6. The van der Waals surface area contributed by atoms with Gasteiger partial charge in [0.25, 0.3) is 12.3 Å². The second-order valence-electron chi connectivity index (χ2n) is 9.25. The van der Waals surface area contributed by atoms with Crippen molar-refractivity contribution in [1.29, 1.82) is 0 Å². The van der Waals surface area contributed by atoms with Crippen molar-refractivity contribution in [2.75, 3.05) is 13.1 Å². The third kappa shape index (κ3) is 4.90. The molecule has 2 unspecified atom stereocenters. The van der Waals surface area contributed by atoms with E-state index in [4.69, 9.17) is 4.98 Å². The summed E-state index contributed by atoms with van der Waals surface area (Å²) >= 11 is 0.648. The van der Waals surface area contributed by atoms with E-state index in [9.17, 15) is 18.4 Å². The number of alkyl halides is 2. The zero-order valence-electron chi connectivity index (χ0n) is 21.1. The summed E-state index contributed by atoms with van der Waals surface area (Å²) in [5.41, 5.74) is 1.99. The Bertz CT molecular complexity index is 1670. The van der Waals surface area contributed by atoms with Crippen LogP contribution in [0.1, 0.15) is 40.5 Å². The fourth-order valence-electron chi connectivity index (χ4n) is 4.85. The lowest BCUT2D eigenvalue weighted by molar-refractivity contribution is -0.130. The molecule has 1 fully saturated rings. The zero-order valence-corrected chi connectivity index (χ0v) is 21.9. The van der Waals surface area contributed by atoms with Gasteiger partial charge in [-0.25, -0.2) is 28.4 Å². The van der Waals surface area contributed by atoms with Gasteiger partial charge in [-0.05, 0) is 18.6 Å². The van der Waals surface area contributed by atoms with Gasteiger partial charge in [-0.1, -0.05) is 11.3 Å². The smallest absolute Gasteiger partial charge is 0.280 e. The highest BCUT2D eigenvalue weighted by molar-refractivity contribution is 7.13. The molecule has 5 aromatic heterocycles. The molecule has 204 valence electrons. The molecule has 2 amide bonds. The number of halogens is 2. The average Bonchev–Trinajstić information content (AvgIpc) is 3.73. The summed E-state index contributed by atoms with van der Waals surface area (Å²) in [4.78, 5) is 44.5. The van der Waals surface area contributed by atoms with Crippen molar-refractivity contribution in [2.24, 2.45) is 0 Å². The van der Waals surface area contributed by atoms with E-state index in [2.05, 4.69) is 30.6 Å². The van der Waals surface area contributed by atoms with E-state index < -0.39 is 18.4 Å². The van der Waals surface area contributed by atoms with Crippen molar-refractivity contribution in [3.63, 3.8) is 0 Å². The predicted molar refractivity (Wildman–Crippen MR) is 140 cm³/mol. The van der Waals surface area contributed by atoms with Crippen LogP contribution in [0.2, 0.25) is 0 Å². The molecule has 15 heteroatoms. The topological polar surface area (TPSA) is 137 Å². The molecule has 0 aromatic carbocycles. The van der Waals surface area contributed by atoms with Crippen LogP contribution in [0, 0.1) is 0 Å². The SMILES string of the molecule is CC(=O)N1CC(NC(=O)c2ncc(C(F)F)s2)CC(n2c(-c3ccccn3)nc3cnc(-n4ccnn4)cc32)C1. The standard InChI is InChI=1S/C25H22F2N10O2S/c1-14(38)35-12-15(32-24(39)25-30-11-20(40-25)22(26)27)8-16(13-35)37-19-9-21(36-7-6-31-34-36)29-10-18(19)33-23(37)17-4-2-3-5-28-17/h2-7,9-11,15-16,22H,8,12-13H2,1H3,(H,32,39). The Labute approximate surface area is 229 Å². The van der Waals surface area contributed by atoms with E-state index in [1.165, 1.54) is 11.6 Å². The number of nitrogens with one attached hydrogen (secondary N) is 1. The number of carbonyl (C=O) groups is 2. The highest BCUT2D eigenvalue weighted by Gasteiger charge is 2.34. The Kier molecular flexibility index (Phi) is 6.71. The maximum Gasteiger partial charge on any atom is 0.280 e. The number of thiazole rings is 1. The molecule has 2 atom stereocenters. The maximum atomic E-state index is 13.0. The van der Waals surface area contributed by atoms with Gasteiger partial charge in [0.05, 0.1) is 35.0 Å². The van der Waals surface area contributed by atoms with E-state index in [1.54, 1.807) is 29.7 Å². The number of rotatable bonds is 6. The maximum absolute atomic E-state index is 13.0. The number of amides is 2. The number of piperidine rings is 1. The molecule has 5 aromatic rings. The van der Waals surface area contributed by atoms with Gasteiger partial charge in [0.1, 0.15) is 11.2 Å². The molecule has 1 saturated heterocycles. The van der Waals surface area contributed by atoms with Gasteiger partial charge < -0.3 is 14.8 Å². The molecule has 1 aliphatic rings. The summed E-state index contributed by atoms with van der Waals surface area (Å²) in [5.74, 6) is 0.382. The van der Waals surface area contributed by atoms with Gasteiger partial charge in [-0.3, -0.25) is 14.6 Å². The van der Waals surface area contributed by atoms with E-state index in [0.717, 1.165) is 11.7 Å². The number of aromatic nitrogens is 8. The molecule has 0 radical (unpaired) electrons. The third-order valence-corrected chi connectivity index (χ3v) is 7.62. The number of carbonyl (C=O) groups excluding carboxylic acids is 2. The normalized spacial score (nSPS) is 17.4. The highest BCUT2D eigenvalue weighted by Crippen LogP contribution is 2.33. The van der Waals surface area contributed by atoms with E-state index in [-0.39, 0.29) is 28.4 Å². The number of nitrogens with zero attached hydrogens (tertiary/aromatic N) is 9. The molecule has 6 heterocycles. The van der Waals surface area contributed by atoms with Crippen molar-refractivity contribution in [3.8, 4) is 17.3 Å². The van der Waals surface area contributed by atoms with Crippen LogP contribution in [0.15, 0.2) is 55.2 Å². The fourth-order valence-corrected chi connectivity index (χ4v) is 5.52. The van der Waals surface area contributed by atoms with Crippen molar-refractivity contribution in [3.05, 3.63) is 65.1 Å². The Morgan fingerprint density at radius 1 is 1.12 bits per heavy atom. The van der Waals surface area contributed by atoms with Crippen LogP contribution in [0.25, 0.3) is 28.4 Å². The van der Waals surface area contributed by atoms with Crippen LogP contribution in [0.5, 0.6) is 0 Å². The van der Waals surface area contributed by atoms with Crippen LogP contribution >= 0.6 is 11.3 Å². The largest absolute Gasteiger partial charge is 0.345 e. The lowest BCUT2D eigenvalue weighted by Gasteiger charge is -2.38. The minimum absolute atomic E-state index is 0.0578. The molecule has 0 bridgehead atoms. The third-order valence-electron chi connectivity index (χ3n) is 6.62. The lowest BCUT2D eigenvalue weighted by Crippen LogP contribution is -2.52. The number of hydrogen-bond acceptors (Lipinski definition) is 9. The Morgan fingerprint density at radius 3 is 2.70 bits per heavy atom. The van der Waals surface area contributed by atoms with E-state index >= 15 is 0 Å². The second-order valence-corrected chi connectivity index (χ2v) is 10.3. The quantitative estimate of drug-likeness (QED) is 0.332. The molecule has 12 nitrogen and oxygen atoms in total. The molecule has 0 spiro atoms. The average molecular weight is 565 g/mol. The van der Waals surface area contributed by atoms with Crippen LogP contribution in [0.4, 0.5) is 8.78 Å². The number of hydrogen-bond donors (Lipinski definition) is 1. The fraction of sp³-hybridized carbons (Fsp3) is 0.280. The van der Waals surface area contributed by atoms with Crippen LogP contribution < -0.4 is 5.32 Å². The minimum Gasteiger partial charge on any atom is -0.345 e. The summed E-state index contributed by atoms with van der Waals surface area (Å²) in [7, 11) is 0. The first-order valence-electron chi connectivity index (χ1n) is 12.3. The van der Waals surface area contributed by atoms with Crippen molar-refractivity contribution < 1.29 is 18.4 Å². The molecule has 6 rings (SSSR count). The number of pyridine rings is 2. The van der Waals surface area contributed by atoms with Crippen LogP contribution in [-0.2, 0) is 4.79 Å². The second kappa shape index (κ2) is 10.5. The first-order valence-corrected chi connectivity index (χ1v) is 13.2. The predicted octanol–water partition coefficient (Wildman–Crippen LogP) is 3.06. The monoisotopic (exact) mass is 564 g/mol. The number of fused-ring (bicyclic) bond motifs is 1. The van der Waals surface area contributed by atoms with Crippen molar-refractivity contribution >= 4 is 34.2 Å². The van der Waals surface area contributed by atoms with Gasteiger partial charge in [-0.15, -0.1) is 16.4 Å². The summed E-state index contributed by atoms with van der Waals surface area (Å²) < 4.78 is 29.6. The zero-order chi connectivity index (χ0) is 27.8. The van der Waals surface area contributed by atoms with Gasteiger partial charge in [0, 0.05) is 44.5 Å². The summed E-state index contributed by atoms with van der Waals surface area (Å²) in [6.07, 6.45) is 5.28.